The van der Waals surface area contributed by atoms with Gasteiger partial charge in [0.25, 0.3) is 0 Å². The molecule has 0 spiro atoms. The van der Waals surface area contributed by atoms with Crippen molar-refractivity contribution in [2.45, 2.75) is 12.2 Å². The number of fused-ring (bicyclic) bond motifs is 1. The summed E-state index contributed by atoms with van der Waals surface area (Å²) in [6.07, 6.45) is 5.33. The van der Waals surface area contributed by atoms with Crippen molar-refractivity contribution in [3.8, 4) is 0 Å². The summed E-state index contributed by atoms with van der Waals surface area (Å²) in [5, 5.41) is 18.9. The van der Waals surface area contributed by atoms with Gasteiger partial charge < -0.3 is 10.2 Å². The minimum absolute atomic E-state index is 0.205. The van der Waals surface area contributed by atoms with Gasteiger partial charge in [-0.25, -0.2) is 0 Å². The van der Waals surface area contributed by atoms with Crippen molar-refractivity contribution in [2.24, 2.45) is 0 Å². The van der Waals surface area contributed by atoms with E-state index in [0.717, 1.165) is 5.56 Å². The molecule has 0 radical (unpaired) electrons. The molecule has 0 saturated carbocycles. The molecule has 3 nitrogen and oxygen atoms in total. The molecule has 1 aromatic heterocycles. The number of aromatic nitrogens is 1. The Labute approximate surface area is 70.0 Å². The molecule has 1 heterocycles. The summed E-state index contributed by atoms with van der Waals surface area (Å²) >= 11 is 0. The second-order valence-electron chi connectivity index (χ2n) is 2.86. The average molecular weight is 163 g/mol. The van der Waals surface area contributed by atoms with E-state index < -0.39 is 5.79 Å². The molecule has 2 rings (SSSR count). The Morgan fingerprint density at radius 2 is 2.25 bits per heavy atom. The van der Waals surface area contributed by atoms with Crippen LogP contribution in [0, 0.1) is 0 Å². The molecular weight excluding hydrogens is 154 g/mol. The lowest BCUT2D eigenvalue weighted by Gasteiger charge is -2.24. The predicted octanol–water partition coefficient (Wildman–Crippen LogP) is 0.636. The van der Waals surface area contributed by atoms with Gasteiger partial charge in [0, 0.05) is 18.2 Å². The largest absolute Gasteiger partial charge is 0.360 e. The molecule has 1 aromatic rings. The fraction of sp³-hybridized carbons (Fsp3) is 0.222. The molecule has 0 fully saturated rings. The van der Waals surface area contributed by atoms with Gasteiger partial charge in [0.1, 0.15) is 5.69 Å². The quantitative estimate of drug-likeness (QED) is 0.552. The lowest BCUT2D eigenvalue weighted by Crippen LogP contribution is -2.28. The van der Waals surface area contributed by atoms with Gasteiger partial charge in [-0.3, -0.25) is 4.98 Å². The van der Waals surface area contributed by atoms with E-state index in [1.807, 2.05) is 6.08 Å². The smallest absolute Gasteiger partial charge is 0.211 e. The van der Waals surface area contributed by atoms with Crippen LogP contribution in [0.15, 0.2) is 24.4 Å². The maximum Gasteiger partial charge on any atom is 0.211 e. The molecule has 62 valence electrons. The number of rotatable bonds is 0. The van der Waals surface area contributed by atoms with Crippen LogP contribution in [0.25, 0.3) is 6.08 Å². The summed E-state index contributed by atoms with van der Waals surface area (Å²) in [5.74, 6) is -1.79. The van der Waals surface area contributed by atoms with Crippen molar-refractivity contribution < 1.29 is 10.2 Å². The summed E-state index contributed by atoms with van der Waals surface area (Å²) in [4.78, 5) is 3.92. The highest BCUT2D eigenvalue weighted by atomic mass is 16.5. The van der Waals surface area contributed by atoms with Gasteiger partial charge in [-0.1, -0.05) is 18.2 Å². The fourth-order valence-corrected chi connectivity index (χ4v) is 1.33. The Morgan fingerprint density at radius 3 is 3.00 bits per heavy atom. The van der Waals surface area contributed by atoms with Gasteiger partial charge in [0.15, 0.2) is 0 Å². The number of hydrogen-bond acceptors (Lipinski definition) is 3. The number of aliphatic hydroxyl groups is 2. The molecule has 0 aromatic carbocycles. The van der Waals surface area contributed by atoms with Crippen LogP contribution < -0.4 is 0 Å². The second kappa shape index (κ2) is 2.40. The molecule has 12 heavy (non-hydrogen) atoms. The van der Waals surface area contributed by atoms with Crippen LogP contribution in [0.4, 0.5) is 0 Å². The number of hydrogen-bond donors (Lipinski definition) is 2. The maximum atomic E-state index is 9.47. The zero-order valence-corrected chi connectivity index (χ0v) is 6.44. The van der Waals surface area contributed by atoms with E-state index in [-0.39, 0.29) is 6.42 Å². The van der Waals surface area contributed by atoms with Crippen LogP contribution >= 0.6 is 0 Å². The van der Waals surface area contributed by atoms with E-state index in [1.165, 1.54) is 0 Å². The van der Waals surface area contributed by atoms with Gasteiger partial charge in [0.05, 0.1) is 0 Å². The van der Waals surface area contributed by atoms with Crippen LogP contribution in [0.3, 0.4) is 0 Å². The average Bonchev–Trinajstić information content (AvgIpc) is 2.04. The van der Waals surface area contributed by atoms with E-state index in [9.17, 15) is 10.2 Å². The highest BCUT2D eigenvalue weighted by Gasteiger charge is 2.30. The SMILES string of the molecule is OC1(O)CC=Cc2cccnc21. The Kier molecular flexibility index (Phi) is 1.49. The summed E-state index contributed by atoms with van der Waals surface area (Å²) in [7, 11) is 0. The van der Waals surface area contributed by atoms with Crippen LogP contribution in [0.5, 0.6) is 0 Å². The maximum absolute atomic E-state index is 9.47. The molecule has 1 aliphatic carbocycles. The molecule has 0 saturated heterocycles. The number of pyridine rings is 1. The zero-order chi connectivity index (χ0) is 8.60. The highest BCUT2D eigenvalue weighted by molar-refractivity contribution is 5.55. The van der Waals surface area contributed by atoms with E-state index in [4.69, 9.17) is 0 Å². The predicted molar refractivity (Wildman–Crippen MR) is 44.0 cm³/mol. The molecule has 3 heteroatoms. The highest BCUT2D eigenvalue weighted by Crippen LogP contribution is 2.28. The first-order valence-corrected chi connectivity index (χ1v) is 3.77. The van der Waals surface area contributed by atoms with Crippen molar-refractivity contribution in [3.05, 3.63) is 35.7 Å². The first-order valence-electron chi connectivity index (χ1n) is 3.77. The molecule has 0 aliphatic heterocycles. The topological polar surface area (TPSA) is 53.4 Å². The molecule has 0 amide bonds. The van der Waals surface area contributed by atoms with Gasteiger partial charge in [-0.05, 0) is 6.07 Å². The Bertz CT molecular complexity index is 331. The van der Waals surface area contributed by atoms with Crippen molar-refractivity contribution in [1.82, 2.24) is 4.98 Å². The normalized spacial score (nSPS) is 18.8. The van der Waals surface area contributed by atoms with Crippen LogP contribution in [0.1, 0.15) is 17.7 Å². The zero-order valence-electron chi connectivity index (χ0n) is 6.44. The molecular formula is C9H9NO2. The van der Waals surface area contributed by atoms with Gasteiger partial charge in [-0.15, -0.1) is 0 Å². The number of nitrogens with zero attached hydrogens (tertiary/aromatic N) is 1. The third kappa shape index (κ3) is 1.03. The van der Waals surface area contributed by atoms with Crippen molar-refractivity contribution in [3.63, 3.8) is 0 Å². The van der Waals surface area contributed by atoms with Crippen molar-refractivity contribution >= 4 is 6.08 Å². The summed E-state index contributed by atoms with van der Waals surface area (Å²) in [6.45, 7) is 0. The molecule has 1 aliphatic rings. The fourth-order valence-electron chi connectivity index (χ4n) is 1.33. The summed E-state index contributed by atoms with van der Waals surface area (Å²) in [5.41, 5.74) is 1.11. The molecule has 0 unspecified atom stereocenters. The van der Waals surface area contributed by atoms with Crippen LogP contribution in [-0.4, -0.2) is 15.2 Å². The van der Waals surface area contributed by atoms with Crippen LogP contribution in [-0.2, 0) is 5.79 Å². The van der Waals surface area contributed by atoms with Gasteiger partial charge in [0.2, 0.25) is 5.79 Å². The minimum Gasteiger partial charge on any atom is -0.360 e. The minimum atomic E-state index is -1.79. The standard InChI is InChI=1S/C9H9NO2/c11-9(12)5-1-3-7-4-2-6-10-8(7)9/h1-4,6,11-12H,5H2. The second-order valence-corrected chi connectivity index (χ2v) is 2.86. The lowest BCUT2D eigenvalue weighted by atomic mass is 9.97. The van der Waals surface area contributed by atoms with Crippen molar-refractivity contribution in [1.29, 1.82) is 0 Å². The van der Waals surface area contributed by atoms with Crippen molar-refractivity contribution in [2.75, 3.05) is 0 Å². The molecule has 0 bridgehead atoms. The Morgan fingerprint density at radius 1 is 1.42 bits per heavy atom. The van der Waals surface area contributed by atoms with E-state index >= 15 is 0 Å². The summed E-state index contributed by atoms with van der Waals surface area (Å²) < 4.78 is 0. The Balaban J connectivity index is 2.60. The third-order valence-corrected chi connectivity index (χ3v) is 1.92. The monoisotopic (exact) mass is 163 g/mol. The first-order chi connectivity index (χ1) is 5.70. The van der Waals surface area contributed by atoms with E-state index in [0.29, 0.717) is 5.69 Å². The van der Waals surface area contributed by atoms with Gasteiger partial charge in [-0.2, -0.15) is 0 Å². The van der Waals surface area contributed by atoms with Crippen LogP contribution in [0.2, 0.25) is 0 Å². The van der Waals surface area contributed by atoms with E-state index in [1.54, 1.807) is 24.4 Å². The van der Waals surface area contributed by atoms with E-state index in [2.05, 4.69) is 4.98 Å². The summed E-state index contributed by atoms with van der Waals surface area (Å²) in [6, 6.07) is 3.57. The van der Waals surface area contributed by atoms with Gasteiger partial charge >= 0.3 is 0 Å². The Hall–Kier alpha value is -1.19. The molecule has 0 atom stereocenters. The first kappa shape index (κ1) is 7.46. The third-order valence-electron chi connectivity index (χ3n) is 1.92. The lowest BCUT2D eigenvalue weighted by molar-refractivity contribution is -0.170. The molecule has 2 N–H and O–H groups in total.